The number of carbonyl (C=O) groups excluding carboxylic acids is 1. The molecule has 1 aliphatic heterocycles. The number of imidazole rings is 1. The van der Waals surface area contributed by atoms with Gasteiger partial charge in [-0.1, -0.05) is 45.9 Å². The van der Waals surface area contributed by atoms with Gasteiger partial charge in [0.05, 0.1) is 17.3 Å². The predicted molar refractivity (Wildman–Crippen MR) is 129 cm³/mol. The summed E-state index contributed by atoms with van der Waals surface area (Å²) in [5.74, 6) is 1.67. The van der Waals surface area contributed by atoms with Gasteiger partial charge in [0.1, 0.15) is 5.82 Å². The summed E-state index contributed by atoms with van der Waals surface area (Å²) in [7, 11) is 0. The van der Waals surface area contributed by atoms with Crippen LogP contribution in [0, 0.1) is 25.2 Å². The highest BCUT2D eigenvalue weighted by atomic mass is 16.2. The second kappa shape index (κ2) is 9.82. The molecule has 166 valence electrons. The van der Waals surface area contributed by atoms with E-state index in [1.54, 1.807) is 0 Å². The van der Waals surface area contributed by atoms with E-state index in [0.29, 0.717) is 36.1 Å². The van der Waals surface area contributed by atoms with Crippen LogP contribution < -0.4 is 0 Å². The zero-order valence-corrected chi connectivity index (χ0v) is 19.9. The Bertz CT molecular complexity index is 1130. The Morgan fingerprint density at radius 3 is 2.34 bits per heavy atom. The molecule has 0 spiro atoms. The maximum Gasteiger partial charge on any atom is 0.253 e. The highest BCUT2D eigenvalue weighted by molar-refractivity contribution is 5.96. The van der Waals surface area contributed by atoms with Crippen molar-refractivity contribution >= 4 is 5.91 Å². The third kappa shape index (κ3) is 4.60. The second-order valence-corrected chi connectivity index (χ2v) is 8.42. The van der Waals surface area contributed by atoms with E-state index in [9.17, 15) is 4.79 Å². The van der Waals surface area contributed by atoms with Gasteiger partial charge in [0.15, 0.2) is 0 Å². The van der Waals surface area contributed by atoms with Gasteiger partial charge in [0.2, 0.25) is 0 Å². The molecule has 3 aromatic rings. The number of carbonyl (C=O) groups is 1. The summed E-state index contributed by atoms with van der Waals surface area (Å²) in [6, 6.07) is 15.7. The molecular weight excluding hydrogens is 396 g/mol. The number of hydrogen-bond acceptors (Lipinski definition) is 3. The molecule has 4 rings (SSSR count). The standard InChI is InChI=1S/C25H26N4O.C2H6/c1-15(2)24-27-17(4)23(28-24)22-11-20(8-5-16(22)3)25(30)29-13-21(14-29)19-9-6-18(12-26)7-10-19;1-2/h5-11,15,21H,13-14H2,1-4H3,(H,27,28);1-2H3. The van der Waals surface area contributed by atoms with E-state index in [4.69, 9.17) is 10.2 Å². The van der Waals surface area contributed by atoms with E-state index in [2.05, 4.69) is 31.8 Å². The molecule has 1 aromatic heterocycles. The average molecular weight is 429 g/mol. The Labute approximate surface area is 191 Å². The van der Waals surface area contributed by atoms with Gasteiger partial charge in [-0.3, -0.25) is 4.79 Å². The van der Waals surface area contributed by atoms with Crippen LogP contribution in [0.15, 0.2) is 42.5 Å². The number of H-pyrrole nitrogens is 1. The maximum atomic E-state index is 13.1. The number of nitrogens with one attached hydrogen (secondary N) is 1. The van der Waals surface area contributed by atoms with Crippen molar-refractivity contribution < 1.29 is 4.79 Å². The molecule has 1 amide bonds. The number of likely N-dealkylation sites (tertiary alicyclic amines) is 1. The molecule has 2 heterocycles. The van der Waals surface area contributed by atoms with Gasteiger partial charge < -0.3 is 9.88 Å². The Hall–Kier alpha value is -3.39. The van der Waals surface area contributed by atoms with E-state index in [0.717, 1.165) is 28.3 Å². The van der Waals surface area contributed by atoms with E-state index < -0.39 is 0 Å². The Morgan fingerprint density at radius 1 is 1.12 bits per heavy atom. The monoisotopic (exact) mass is 428 g/mol. The zero-order chi connectivity index (χ0) is 23.4. The smallest absolute Gasteiger partial charge is 0.253 e. The molecule has 1 fully saturated rings. The predicted octanol–water partition coefficient (Wildman–Crippen LogP) is 5.95. The fourth-order valence-electron chi connectivity index (χ4n) is 3.90. The van der Waals surface area contributed by atoms with E-state index >= 15 is 0 Å². The minimum absolute atomic E-state index is 0.0541. The molecule has 0 aliphatic carbocycles. The number of aryl methyl sites for hydroxylation is 2. The lowest BCUT2D eigenvalue weighted by Crippen LogP contribution is -2.48. The molecule has 0 bridgehead atoms. The molecule has 32 heavy (non-hydrogen) atoms. The highest BCUT2D eigenvalue weighted by Crippen LogP contribution is 2.31. The van der Waals surface area contributed by atoms with Gasteiger partial charge in [-0.15, -0.1) is 0 Å². The molecule has 1 saturated heterocycles. The van der Waals surface area contributed by atoms with E-state index in [1.807, 2.05) is 68.1 Å². The largest absolute Gasteiger partial charge is 0.345 e. The van der Waals surface area contributed by atoms with Crippen LogP contribution in [0.1, 0.15) is 78.1 Å². The first-order valence-electron chi connectivity index (χ1n) is 11.3. The van der Waals surface area contributed by atoms with Crippen molar-refractivity contribution in [2.24, 2.45) is 0 Å². The summed E-state index contributed by atoms with van der Waals surface area (Å²) < 4.78 is 0. The number of nitrogens with zero attached hydrogens (tertiary/aromatic N) is 3. The van der Waals surface area contributed by atoms with Crippen LogP contribution in [0.2, 0.25) is 0 Å². The third-order valence-corrected chi connectivity index (χ3v) is 5.87. The quantitative estimate of drug-likeness (QED) is 0.558. The van der Waals surface area contributed by atoms with Crippen LogP contribution in [0.4, 0.5) is 0 Å². The van der Waals surface area contributed by atoms with E-state index in [-0.39, 0.29) is 5.91 Å². The minimum Gasteiger partial charge on any atom is -0.345 e. The number of aromatic amines is 1. The molecule has 0 unspecified atom stereocenters. The van der Waals surface area contributed by atoms with Crippen molar-refractivity contribution in [2.75, 3.05) is 13.1 Å². The first-order valence-corrected chi connectivity index (χ1v) is 11.3. The molecule has 2 aromatic carbocycles. The topological polar surface area (TPSA) is 72.8 Å². The lowest BCUT2D eigenvalue weighted by atomic mass is 9.90. The molecule has 1 N–H and O–H groups in total. The van der Waals surface area contributed by atoms with Crippen molar-refractivity contribution in [1.82, 2.24) is 14.9 Å². The maximum absolute atomic E-state index is 13.1. The molecule has 5 heteroatoms. The summed E-state index contributed by atoms with van der Waals surface area (Å²) in [5.41, 5.74) is 6.59. The molecule has 5 nitrogen and oxygen atoms in total. The third-order valence-electron chi connectivity index (χ3n) is 5.87. The first kappa shape index (κ1) is 23.3. The van der Waals surface area contributed by atoms with Gasteiger partial charge >= 0.3 is 0 Å². The lowest BCUT2D eigenvalue weighted by molar-refractivity contribution is 0.0602. The SMILES string of the molecule is CC.Cc1ccc(C(=O)N2CC(c3ccc(C#N)cc3)C2)cc1-c1nc(C(C)C)[nH]c1C. The Kier molecular flexibility index (Phi) is 7.15. The number of hydrogen-bond donors (Lipinski definition) is 1. The molecule has 1 aliphatic rings. The van der Waals surface area contributed by atoms with Gasteiger partial charge in [-0.05, 0) is 49.2 Å². The summed E-state index contributed by atoms with van der Waals surface area (Å²) in [4.78, 5) is 23.1. The normalized spacial score (nSPS) is 13.2. The number of amides is 1. The number of rotatable bonds is 4. The Balaban J connectivity index is 0.00000141. The van der Waals surface area contributed by atoms with Crippen LogP contribution in [0.3, 0.4) is 0 Å². The van der Waals surface area contributed by atoms with Gasteiger partial charge in [-0.25, -0.2) is 4.98 Å². The fraction of sp³-hybridized carbons (Fsp3) is 0.370. The summed E-state index contributed by atoms with van der Waals surface area (Å²) in [6.07, 6.45) is 0. The van der Waals surface area contributed by atoms with Crippen molar-refractivity contribution in [2.45, 2.75) is 53.4 Å². The van der Waals surface area contributed by atoms with Crippen LogP contribution in [-0.2, 0) is 0 Å². The van der Waals surface area contributed by atoms with Crippen LogP contribution >= 0.6 is 0 Å². The van der Waals surface area contributed by atoms with Crippen molar-refractivity contribution in [3.05, 3.63) is 76.2 Å². The fourth-order valence-corrected chi connectivity index (χ4v) is 3.90. The Morgan fingerprint density at radius 2 is 1.78 bits per heavy atom. The molecule has 0 saturated carbocycles. The zero-order valence-electron chi connectivity index (χ0n) is 19.9. The highest BCUT2D eigenvalue weighted by Gasteiger charge is 2.32. The van der Waals surface area contributed by atoms with Gasteiger partial charge in [0.25, 0.3) is 5.91 Å². The second-order valence-electron chi connectivity index (χ2n) is 8.42. The molecule has 0 radical (unpaired) electrons. The number of aromatic nitrogens is 2. The summed E-state index contributed by atoms with van der Waals surface area (Å²) >= 11 is 0. The van der Waals surface area contributed by atoms with Crippen molar-refractivity contribution in [1.29, 1.82) is 5.26 Å². The summed E-state index contributed by atoms with van der Waals surface area (Å²) in [5, 5.41) is 8.94. The minimum atomic E-state index is 0.0541. The van der Waals surface area contributed by atoms with Crippen LogP contribution in [-0.4, -0.2) is 33.9 Å². The van der Waals surface area contributed by atoms with Gasteiger partial charge in [-0.2, -0.15) is 5.26 Å². The average Bonchev–Trinajstić information content (AvgIpc) is 3.16. The molecular formula is C27H32N4O. The van der Waals surface area contributed by atoms with Gasteiger partial charge in [0, 0.05) is 41.7 Å². The van der Waals surface area contributed by atoms with Crippen LogP contribution in [0.25, 0.3) is 11.3 Å². The van der Waals surface area contributed by atoms with Crippen molar-refractivity contribution in [3.63, 3.8) is 0 Å². The molecule has 0 atom stereocenters. The summed E-state index contributed by atoms with van der Waals surface area (Å²) in [6.45, 7) is 13.7. The lowest BCUT2D eigenvalue weighted by Gasteiger charge is -2.39. The first-order chi connectivity index (χ1) is 15.4. The number of benzene rings is 2. The number of nitriles is 1. The van der Waals surface area contributed by atoms with Crippen LogP contribution in [0.5, 0.6) is 0 Å². The van der Waals surface area contributed by atoms with E-state index in [1.165, 1.54) is 5.56 Å². The van der Waals surface area contributed by atoms with Crippen molar-refractivity contribution in [3.8, 4) is 17.3 Å².